The van der Waals surface area contributed by atoms with E-state index < -0.39 is 118 Å². The van der Waals surface area contributed by atoms with Crippen molar-refractivity contribution in [3.8, 4) is 33.4 Å². The predicted octanol–water partition coefficient (Wildman–Crippen LogP) is 7.82. The number of piperazine rings is 3. The van der Waals surface area contributed by atoms with Gasteiger partial charge >= 0.3 is 0 Å². The fourth-order valence-electron chi connectivity index (χ4n) is 12.1. The molecule has 0 saturated carbocycles. The minimum atomic E-state index is -3.34. The molecule has 564 valence electrons. The van der Waals surface area contributed by atoms with Gasteiger partial charge in [-0.25, -0.2) is 71.6 Å². The third-order valence-corrected chi connectivity index (χ3v) is 18.5. The average Bonchev–Trinajstić information content (AvgIpc) is 1.08. The van der Waals surface area contributed by atoms with E-state index in [-0.39, 0.29) is 62.0 Å². The Morgan fingerprint density at radius 1 is 0.324 bits per heavy atom. The lowest BCUT2D eigenvalue weighted by Gasteiger charge is -2.35. The second-order valence-electron chi connectivity index (χ2n) is 26.1. The molecule has 15 heterocycles. The first kappa shape index (κ1) is 49.7. The van der Waals surface area contributed by atoms with Crippen LogP contribution in [0, 0.1) is 17.5 Å². The number of nitrogens with two attached hydrogens (primary N) is 3. The molecule has 3 aliphatic heterocycles. The molecule has 3 aromatic carbocycles. The molecule has 0 spiro atoms. The van der Waals surface area contributed by atoms with Gasteiger partial charge in [-0.1, -0.05) is 36.4 Å². The van der Waals surface area contributed by atoms with Gasteiger partial charge in [0.15, 0.2) is 17.5 Å². The monoisotopic (exact) mass is 1520 g/mol. The molecule has 0 aliphatic carbocycles. The van der Waals surface area contributed by atoms with Crippen LogP contribution in [0.4, 0.5) is 48.5 Å². The largest absolute Gasteiger partial charge is 0.351 e. The summed E-state index contributed by atoms with van der Waals surface area (Å²) < 4.78 is 249. The molecular formula is C78H81F3N30. The molecule has 33 heteroatoms. The number of hydrogen-bond donors (Lipinski definition) is 3. The van der Waals surface area contributed by atoms with Crippen LogP contribution < -0.4 is 46.6 Å². The Labute approximate surface area is 668 Å². The van der Waals surface area contributed by atoms with Gasteiger partial charge in [0.05, 0.1) is 62.6 Å². The second kappa shape index (κ2) is 29.8. The number of hydrogen-bond acceptors (Lipinski definition) is 24. The number of benzene rings is 3. The van der Waals surface area contributed by atoms with Crippen LogP contribution in [0.1, 0.15) is 85.7 Å². The van der Waals surface area contributed by atoms with Crippen molar-refractivity contribution in [3.63, 3.8) is 0 Å². The number of nitrogens with zero attached hydrogens (tertiary/aromatic N) is 27. The number of aromatic nitrogens is 21. The highest BCUT2D eigenvalue weighted by Gasteiger charge is 2.32. The van der Waals surface area contributed by atoms with Gasteiger partial charge in [0.2, 0.25) is 17.8 Å². The van der Waals surface area contributed by atoms with Gasteiger partial charge in [0.1, 0.15) is 53.0 Å². The summed E-state index contributed by atoms with van der Waals surface area (Å²) in [6, 6.07) is 21.4. The summed E-state index contributed by atoms with van der Waals surface area (Å²) in [5.74, 6) is -3.18. The van der Waals surface area contributed by atoms with Crippen molar-refractivity contribution >= 4 is 51.8 Å². The van der Waals surface area contributed by atoms with E-state index in [0.717, 1.165) is 33.4 Å². The predicted molar refractivity (Wildman–Crippen MR) is 416 cm³/mol. The number of halogens is 3. The van der Waals surface area contributed by atoms with Gasteiger partial charge in [0, 0.05) is 228 Å². The van der Waals surface area contributed by atoms with Crippen molar-refractivity contribution in [1.82, 2.24) is 103 Å². The number of rotatable bonds is 15. The maximum absolute atomic E-state index is 13.5. The summed E-state index contributed by atoms with van der Waals surface area (Å²) in [5, 5.41) is 24.7. The molecule has 0 bridgehead atoms. The Hall–Kier alpha value is -13.1. The molecule has 15 aromatic rings. The highest BCUT2D eigenvalue weighted by Crippen LogP contribution is 2.35. The third-order valence-electron chi connectivity index (χ3n) is 18.5. The molecule has 12 aromatic heterocycles. The first-order valence-corrected chi connectivity index (χ1v) is 33.8. The molecule has 18 rings (SSSR count). The van der Waals surface area contributed by atoms with E-state index in [1.165, 1.54) is 138 Å². The Morgan fingerprint density at radius 3 is 0.901 bits per heavy atom. The molecule has 30 nitrogen and oxygen atoms in total. The molecule has 0 amide bonds. The Bertz CT molecular complexity index is 6820. The normalized spacial score (nSPS) is 23.5. The van der Waals surface area contributed by atoms with E-state index in [2.05, 4.69) is 75.4 Å². The van der Waals surface area contributed by atoms with Crippen molar-refractivity contribution in [1.29, 1.82) is 0 Å². The zero-order valence-corrected chi connectivity index (χ0v) is 59.4. The molecule has 3 atom stereocenters. The van der Waals surface area contributed by atoms with E-state index in [0.29, 0.717) is 66.3 Å². The Balaban J connectivity index is 0.000000147. The lowest BCUT2D eigenvalue weighted by atomic mass is 9.87. The first-order valence-electron chi connectivity index (χ1n) is 45.3. The van der Waals surface area contributed by atoms with E-state index in [1.54, 1.807) is 89.6 Å². The maximum Gasteiger partial charge on any atom is 0.225 e. The van der Waals surface area contributed by atoms with Crippen LogP contribution in [-0.2, 0) is 37.7 Å². The molecule has 6 N–H and O–H groups in total. The summed E-state index contributed by atoms with van der Waals surface area (Å²) in [6.07, 6.45) is 25.3. The van der Waals surface area contributed by atoms with Crippen LogP contribution in [0.15, 0.2) is 203 Å². The van der Waals surface area contributed by atoms with Gasteiger partial charge in [0.25, 0.3) is 0 Å². The number of aryl methyl sites for hydroxylation is 3. The van der Waals surface area contributed by atoms with Crippen LogP contribution in [0.25, 0.3) is 49.9 Å². The molecule has 0 radical (unpaired) electrons. The van der Waals surface area contributed by atoms with Gasteiger partial charge < -0.3 is 46.6 Å². The molecule has 111 heavy (non-hydrogen) atoms. The van der Waals surface area contributed by atoms with Crippen molar-refractivity contribution in [2.45, 2.75) is 37.4 Å². The smallest absolute Gasteiger partial charge is 0.225 e. The van der Waals surface area contributed by atoms with E-state index in [1.807, 2.05) is 25.5 Å². The average molecular weight is 1520 g/mol. The Morgan fingerprint density at radius 2 is 0.604 bits per heavy atom. The Kier molecular flexibility index (Phi) is 13.3. The lowest BCUT2D eigenvalue weighted by Crippen LogP contribution is -2.47. The molecular weight excluding hydrogens is 1410 g/mol. The first-order chi connectivity index (χ1) is 62.4. The standard InChI is InChI=1S/3C26H27FN10/c3*1-26(28,20-3-5-22(27)6-4-20)21-13-29-25(30-14-21)36-9-7-35(8-10-36)24-23-11-18(16-37(23)33-17-31-24)19-12-32-34(2)15-19/h3*3-6,11-17H,7-10,28H2,1-2H3/i2D3,7D2,8D2,9D2,10D2;7D2,8D2,9D2,10D2;9D2,10D2. The second-order valence-corrected chi connectivity index (χ2v) is 26.1. The summed E-state index contributed by atoms with van der Waals surface area (Å²) >= 11 is 0. The third kappa shape index (κ3) is 14.9. The van der Waals surface area contributed by atoms with Crippen LogP contribution in [0.3, 0.4) is 0 Å². The zero-order chi connectivity index (χ0) is 97.1. The quantitative estimate of drug-likeness (QED) is 0.0880. The van der Waals surface area contributed by atoms with E-state index >= 15 is 0 Å². The number of anilines is 6. The van der Waals surface area contributed by atoms with Crippen molar-refractivity contribution in [2.24, 2.45) is 38.3 Å². The fraction of sp³-hybridized carbons (Fsp3) is 0.269. The highest BCUT2D eigenvalue weighted by atomic mass is 19.1. The summed E-state index contributed by atoms with van der Waals surface area (Å²) in [6.45, 7) is -28.9. The molecule has 3 aliphatic rings. The minimum Gasteiger partial charge on any atom is -0.351 e. The van der Waals surface area contributed by atoms with Crippen LogP contribution >= 0.6 is 0 Å². The molecule has 3 unspecified atom stereocenters. The van der Waals surface area contributed by atoms with Crippen molar-refractivity contribution in [2.75, 3.05) is 107 Å². The topological polar surface area (TPSA) is 319 Å². The van der Waals surface area contributed by atoms with E-state index in [4.69, 9.17) is 48.7 Å². The van der Waals surface area contributed by atoms with Crippen LogP contribution in [-0.4, -0.2) is 181 Å². The summed E-state index contributed by atoms with van der Waals surface area (Å²) in [7, 11) is 3.56. The van der Waals surface area contributed by atoms with Crippen LogP contribution in [0.2, 0.25) is 0 Å². The van der Waals surface area contributed by atoms with E-state index in [9.17, 15) is 13.2 Å². The van der Waals surface area contributed by atoms with Gasteiger partial charge in [-0.2, -0.15) is 30.6 Å². The van der Waals surface area contributed by atoms with Crippen molar-refractivity contribution < 1.29 is 44.7 Å². The van der Waals surface area contributed by atoms with Gasteiger partial charge in [-0.3, -0.25) is 14.0 Å². The van der Waals surface area contributed by atoms with Crippen molar-refractivity contribution in [3.05, 3.63) is 254 Å². The van der Waals surface area contributed by atoms with Crippen LogP contribution in [0.5, 0.6) is 0 Å². The molecule has 3 fully saturated rings. The van der Waals surface area contributed by atoms with Gasteiger partial charge in [-0.15, -0.1) is 0 Å². The number of fused-ring (bicyclic) bond motifs is 3. The zero-order valence-electron chi connectivity index (χ0n) is 82.4. The lowest BCUT2D eigenvalue weighted by molar-refractivity contribution is 0.585. The molecule has 3 saturated heterocycles. The summed E-state index contributed by atoms with van der Waals surface area (Å²) in [4.78, 5) is 41.2. The fourth-order valence-corrected chi connectivity index (χ4v) is 12.1. The highest BCUT2D eigenvalue weighted by molar-refractivity contribution is 5.80. The minimum absolute atomic E-state index is 0.0365. The summed E-state index contributed by atoms with van der Waals surface area (Å²) in [5.41, 5.74) is 23.1. The van der Waals surface area contributed by atoms with Gasteiger partial charge in [-0.05, 0) is 92.1 Å². The SMILES string of the molecule is [2H]C([2H])([2H])n1cc(-c2cc3c(N4C([2H])([2H])C([2H])([2H])N(c5ncc(C(C)(N)c6ccc(F)cc6)cn5)C([2H])([2H])C4([2H])[2H])ncnn3c2)cn1.[2H]C1([2H])CN(c2ncnn3cc(-c4cnn(C)c4)cc23)CC([2H])([2H])N1c1ncc(C(C)(N)c2ccc(F)cc2)cn1.[2H]C1([2H])N(c2ncc(C(C)(N)c3ccc(F)cc3)cn2)C([2H])([2H])C([2H])([2H])N(c2ncnn3cc(-c4cnn(C)c4)cc23)C1([2H])[2H]. The maximum atomic E-state index is 13.5.